The lowest BCUT2D eigenvalue weighted by Gasteiger charge is -2.36. The van der Waals surface area contributed by atoms with Crippen molar-refractivity contribution in [1.29, 1.82) is 0 Å². The highest BCUT2D eigenvalue weighted by atomic mass is 35.5. The lowest BCUT2D eigenvalue weighted by atomic mass is 10.1. The Bertz CT molecular complexity index is 685. The molecule has 0 bridgehead atoms. The molecule has 1 saturated heterocycles. The molecular formula is C17H17ClN3O2-. The minimum atomic E-state index is -1.20. The van der Waals surface area contributed by atoms with E-state index in [1.165, 1.54) is 11.8 Å². The van der Waals surface area contributed by atoms with Crippen LogP contribution in [0.2, 0.25) is 5.02 Å². The summed E-state index contributed by atoms with van der Waals surface area (Å²) in [5, 5.41) is 11.3. The van der Waals surface area contributed by atoms with E-state index >= 15 is 0 Å². The van der Waals surface area contributed by atoms with E-state index in [-0.39, 0.29) is 5.56 Å². The summed E-state index contributed by atoms with van der Waals surface area (Å²) >= 11 is 6.18. The predicted molar refractivity (Wildman–Crippen MR) is 87.5 cm³/mol. The molecule has 2 heterocycles. The summed E-state index contributed by atoms with van der Waals surface area (Å²) in [4.78, 5) is 19.5. The largest absolute Gasteiger partial charge is 0.545 e. The molecule has 0 unspecified atom stereocenters. The van der Waals surface area contributed by atoms with Crippen LogP contribution in [0.1, 0.15) is 15.9 Å². The highest BCUT2D eigenvalue weighted by Gasteiger charge is 2.18. The van der Waals surface area contributed by atoms with Gasteiger partial charge in [0.2, 0.25) is 0 Å². The molecule has 0 atom stereocenters. The zero-order chi connectivity index (χ0) is 16.2. The lowest BCUT2D eigenvalue weighted by molar-refractivity contribution is -0.255. The molecule has 1 aliphatic heterocycles. The Morgan fingerprint density at radius 3 is 2.43 bits per heavy atom. The zero-order valence-corrected chi connectivity index (χ0v) is 13.4. The number of carbonyl (C=O) groups excluding carboxylic acids is 1. The number of anilines is 1. The summed E-state index contributed by atoms with van der Waals surface area (Å²) in [5.41, 5.74) is 2.24. The third-order valence-corrected chi connectivity index (χ3v) is 4.43. The van der Waals surface area contributed by atoms with Crippen molar-refractivity contribution in [2.24, 2.45) is 0 Å². The van der Waals surface area contributed by atoms with Crippen LogP contribution < -0.4 is 10.0 Å². The van der Waals surface area contributed by atoms with Gasteiger partial charge in [-0.1, -0.05) is 23.7 Å². The number of hydrogen-bond acceptors (Lipinski definition) is 5. The van der Waals surface area contributed by atoms with Crippen LogP contribution in [0.15, 0.2) is 42.7 Å². The highest BCUT2D eigenvalue weighted by Crippen LogP contribution is 2.21. The lowest BCUT2D eigenvalue weighted by Crippen LogP contribution is -2.46. The average molecular weight is 331 g/mol. The molecule has 23 heavy (non-hydrogen) atoms. The van der Waals surface area contributed by atoms with Gasteiger partial charge in [0.1, 0.15) is 0 Å². The van der Waals surface area contributed by atoms with Crippen molar-refractivity contribution in [3.8, 4) is 0 Å². The monoisotopic (exact) mass is 330 g/mol. The smallest absolute Gasteiger partial charge is 0.0715 e. The van der Waals surface area contributed by atoms with E-state index in [1.807, 2.05) is 12.1 Å². The van der Waals surface area contributed by atoms with Gasteiger partial charge in [-0.2, -0.15) is 0 Å². The summed E-state index contributed by atoms with van der Waals surface area (Å²) < 4.78 is 0. The fourth-order valence-corrected chi connectivity index (χ4v) is 3.00. The van der Waals surface area contributed by atoms with Crippen LogP contribution >= 0.6 is 11.6 Å². The molecule has 1 aromatic heterocycles. The first-order valence-electron chi connectivity index (χ1n) is 7.50. The summed E-state index contributed by atoms with van der Waals surface area (Å²) in [6.07, 6.45) is 3.61. The van der Waals surface area contributed by atoms with Crippen molar-refractivity contribution in [2.45, 2.75) is 6.54 Å². The second-order valence-electron chi connectivity index (χ2n) is 5.56. The maximum absolute atomic E-state index is 10.8. The molecule has 0 spiro atoms. The Kier molecular flexibility index (Phi) is 4.79. The number of benzene rings is 1. The van der Waals surface area contributed by atoms with E-state index in [2.05, 4.69) is 14.8 Å². The third kappa shape index (κ3) is 3.81. The number of aromatic carboxylic acids is 1. The molecule has 3 rings (SSSR count). The number of piperazine rings is 1. The molecule has 0 saturated carbocycles. The van der Waals surface area contributed by atoms with Crippen molar-refractivity contribution in [3.05, 3.63) is 58.9 Å². The minimum absolute atomic E-state index is 0.112. The van der Waals surface area contributed by atoms with E-state index in [4.69, 9.17) is 11.6 Å². The van der Waals surface area contributed by atoms with Gasteiger partial charge in [-0.3, -0.25) is 9.88 Å². The number of rotatable bonds is 4. The second-order valence-corrected chi connectivity index (χ2v) is 5.97. The zero-order valence-electron chi connectivity index (χ0n) is 12.6. The normalized spacial score (nSPS) is 15.6. The highest BCUT2D eigenvalue weighted by molar-refractivity contribution is 6.31. The number of pyridine rings is 1. The van der Waals surface area contributed by atoms with E-state index in [0.717, 1.165) is 38.3 Å². The van der Waals surface area contributed by atoms with E-state index < -0.39 is 5.97 Å². The summed E-state index contributed by atoms with van der Waals surface area (Å²) in [7, 11) is 0. The second kappa shape index (κ2) is 6.98. The van der Waals surface area contributed by atoms with E-state index in [0.29, 0.717) is 5.02 Å². The number of carboxylic acid groups (broad SMARTS) is 1. The van der Waals surface area contributed by atoms with E-state index in [9.17, 15) is 9.90 Å². The molecule has 1 aliphatic rings. The van der Waals surface area contributed by atoms with Crippen molar-refractivity contribution in [2.75, 3.05) is 31.1 Å². The third-order valence-electron chi connectivity index (χ3n) is 4.08. The quantitative estimate of drug-likeness (QED) is 0.848. The van der Waals surface area contributed by atoms with Crippen LogP contribution in [-0.4, -0.2) is 42.0 Å². The number of halogens is 1. The molecule has 0 N–H and O–H groups in total. The number of carboxylic acids is 1. The Hall–Kier alpha value is -2.11. The van der Waals surface area contributed by atoms with Crippen LogP contribution in [0.4, 0.5) is 5.69 Å². The fourth-order valence-electron chi connectivity index (χ4n) is 2.76. The van der Waals surface area contributed by atoms with Crippen LogP contribution in [0.25, 0.3) is 0 Å². The number of nitrogens with zero attached hydrogens (tertiary/aromatic N) is 3. The van der Waals surface area contributed by atoms with Crippen molar-refractivity contribution < 1.29 is 9.90 Å². The van der Waals surface area contributed by atoms with Gasteiger partial charge in [0.05, 0.1) is 5.97 Å². The van der Waals surface area contributed by atoms with Gasteiger partial charge in [0.15, 0.2) is 0 Å². The average Bonchev–Trinajstić information content (AvgIpc) is 2.58. The molecule has 120 valence electrons. The van der Waals surface area contributed by atoms with Gasteiger partial charge in [-0.25, -0.2) is 0 Å². The molecule has 0 radical (unpaired) electrons. The standard InChI is InChI=1S/C17H18ClN3O2/c18-16-11-13(17(22)23)1-2-14(16)12-20-7-9-21(10-8-20)15-3-5-19-6-4-15/h1-6,11H,7-10,12H2,(H,22,23)/p-1. The molecule has 1 aromatic carbocycles. The number of carbonyl (C=O) groups is 1. The number of hydrogen-bond donors (Lipinski definition) is 0. The van der Waals surface area contributed by atoms with Gasteiger partial charge >= 0.3 is 0 Å². The van der Waals surface area contributed by atoms with Crippen molar-refractivity contribution >= 4 is 23.3 Å². The molecule has 1 fully saturated rings. The first kappa shape index (κ1) is 15.8. The predicted octanol–water partition coefficient (Wildman–Crippen LogP) is 1.42. The molecule has 2 aromatic rings. The SMILES string of the molecule is O=C([O-])c1ccc(CN2CCN(c3ccncc3)CC2)c(Cl)c1. The molecule has 5 nitrogen and oxygen atoms in total. The first-order chi connectivity index (χ1) is 11.1. The maximum atomic E-state index is 10.8. The summed E-state index contributed by atoms with van der Waals surface area (Å²) in [5.74, 6) is -1.20. The molecule has 0 amide bonds. The summed E-state index contributed by atoms with van der Waals surface area (Å²) in [6, 6.07) is 8.81. The number of aromatic nitrogens is 1. The first-order valence-corrected chi connectivity index (χ1v) is 7.88. The van der Waals surface area contributed by atoms with Gasteiger partial charge < -0.3 is 14.8 Å². The van der Waals surface area contributed by atoms with Crippen LogP contribution in [0.3, 0.4) is 0 Å². The van der Waals surface area contributed by atoms with Crippen molar-refractivity contribution in [3.63, 3.8) is 0 Å². The van der Waals surface area contributed by atoms with Gasteiger partial charge in [0, 0.05) is 55.8 Å². The van der Waals surface area contributed by atoms with Crippen molar-refractivity contribution in [1.82, 2.24) is 9.88 Å². The Labute approximate surface area is 140 Å². The topological polar surface area (TPSA) is 59.5 Å². The maximum Gasteiger partial charge on any atom is 0.0715 e. The molecule has 0 aliphatic carbocycles. The molecule has 6 heteroatoms. The minimum Gasteiger partial charge on any atom is -0.545 e. The fraction of sp³-hybridized carbons (Fsp3) is 0.294. The Morgan fingerprint density at radius 1 is 1.13 bits per heavy atom. The van der Waals surface area contributed by atoms with Crippen LogP contribution in [0.5, 0.6) is 0 Å². The van der Waals surface area contributed by atoms with E-state index in [1.54, 1.807) is 24.5 Å². The Morgan fingerprint density at radius 2 is 1.83 bits per heavy atom. The molecular weight excluding hydrogens is 314 g/mol. The van der Waals surface area contributed by atoms with Gasteiger partial charge in [0.25, 0.3) is 0 Å². The summed E-state index contributed by atoms with van der Waals surface area (Å²) in [6.45, 7) is 4.47. The van der Waals surface area contributed by atoms with Gasteiger partial charge in [-0.15, -0.1) is 0 Å². The van der Waals surface area contributed by atoms with Crippen LogP contribution in [-0.2, 0) is 6.54 Å². The van der Waals surface area contributed by atoms with Crippen LogP contribution in [0, 0.1) is 0 Å². The Balaban J connectivity index is 1.60. The van der Waals surface area contributed by atoms with Gasteiger partial charge in [-0.05, 0) is 29.3 Å².